The predicted molar refractivity (Wildman–Crippen MR) is 109 cm³/mol. The van der Waals surface area contributed by atoms with E-state index in [-0.39, 0.29) is 22.6 Å². The molecular weight excluding hydrogens is 469 g/mol. The number of halogens is 3. The first kappa shape index (κ1) is 23.7. The summed E-state index contributed by atoms with van der Waals surface area (Å²) in [4.78, 5) is 21.8. The first-order valence-electron chi connectivity index (χ1n) is 9.02. The number of carbonyl (C=O) groups excluding carboxylic acids is 1. The highest BCUT2D eigenvalue weighted by molar-refractivity contribution is 7.93. The number of anilines is 2. The summed E-state index contributed by atoms with van der Waals surface area (Å²) in [5.74, 6) is -0.640. The molecule has 3 rings (SSSR count). The summed E-state index contributed by atoms with van der Waals surface area (Å²) in [5, 5.41) is 16.9. The molecule has 3 aromatic rings. The molecule has 2 N–H and O–H groups in total. The second kappa shape index (κ2) is 8.54. The normalized spacial score (nSPS) is 11.8. The number of rotatable bonds is 6. The second-order valence-electron chi connectivity index (χ2n) is 6.79. The Kier molecular flexibility index (Phi) is 6.14. The van der Waals surface area contributed by atoms with E-state index in [4.69, 9.17) is 4.52 Å². The van der Waals surface area contributed by atoms with Gasteiger partial charge in [0.15, 0.2) is 4.90 Å². The number of nitro benzene ring substituents is 1. The molecule has 174 valence electrons. The minimum atomic E-state index is -5.02. The molecule has 0 atom stereocenters. The zero-order valence-electron chi connectivity index (χ0n) is 16.9. The van der Waals surface area contributed by atoms with Gasteiger partial charge in [0.05, 0.1) is 22.4 Å². The number of hydrogen-bond acceptors (Lipinski definition) is 7. The van der Waals surface area contributed by atoms with Gasteiger partial charge in [0, 0.05) is 11.8 Å². The van der Waals surface area contributed by atoms with Gasteiger partial charge in [-0.05, 0) is 37.6 Å². The molecule has 0 saturated carbocycles. The minimum absolute atomic E-state index is 0.000185. The van der Waals surface area contributed by atoms with Gasteiger partial charge in [-0.3, -0.25) is 19.6 Å². The Morgan fingerprint density at radius 2 is 1.88 bits per heavy atom. The van der Waals surface area contributed by atoms with Crippen molar-refractivity contribution in [1.82, 2.24) is 5.16 Å². The predicted octanol–water partition coefficient (Wildman–Crippen LogP) is 4.27. The van der Waals surface area contributed by atoms with E-state index in [1.165, 1.54) is 26.0 Å². The van der Waals surface area contributed by atoms with Gasteiger partial charge in [-0.25, -0.2) is 8.42 Å². The molecule has 2 aromatic carbocycles. The summed E-state index contributed by atoms with van der Waals surface area (Å²) in [6.07, 6.45) is -3.93. The molecular formula is C19H15F3N4O6S. The van der Waals surface area contributed by atoms with Crippen molar-refractivity contribution < 1.29 is 35.8 Å². The highest BCUT2D eigenvalue weighted by atomic mass is 32.2. The summed E-state index contributed by atoms with van der Waals surface area (Å²) >= 11 is 0. The number of aromatic nitrogens is 1. The average molecular weight is 484 g/mol. The Morgan fingerprint density at radius 1 is 1.18 bits per heavy atom. The standard InChI is InChI=1S/C19H15F3N4O6S/c1-10-4-3-5-16(26(28)29)17(10)33(30,31)25-15-7-6-12(8-14(15)19(20,21)22)24-18(27)13-9-23-32-11(13)2/h3-9,25H,1-2H3,(H,24,27). The third kappa shape index (κ3) is 4.95. The van der Waals surface area contributed by atoms with Gasteiger partial charge in [0.25, 0.3) is 21.6 Å². The Bertz CT molecular complexity index is 1350. The molecule has 0 fully saturated rings. The fourth-order valence-electron chi connectivity index (χ4n) is 2.99. The van der Waals surface area contributed by atoms with E-state index in [0.29, 0.717) is 6.07 Å². The molecule has 0 spiro atoms. The van der Waals surface area contributed by atoms with E-state index in [9.17, 15) is 36.5 Å². The molecule has 14 heteroatoms. The van der Waals surface area contributed by atoms with Crippen molar-refractivity contribution in [1.29, 1.82) is 0 Å². The van der Waals surface area contributed by atoms with Crippen LogP contribution in [0, 0.1) is 24.0 Å². The van der Waals surface area contributed by atoms with E-state index in [1.807, 2.05) is 0 Å². The third-order valence-corrected chi connectivity index (χ3v) is 6.04. The number of nitrogens with one attached hydrogen (secondary N) is 2. The van der Waals surface area contributed by atoms with Crippen LogP contribution < -0.4 is 10.0 Å². The average Bonchev–Trinajstić information content (AvgIpc) is 3.13. The zero-order valence-corrected chi connectivity index (χ0v) is 17.7. The van der Waals surface area contributed by atoms with Gasteiger partial charge >= 0.3 is 6.18 Å². The van der Waals surface area contributed by atoms with Gasteiger partial charge in [0.1, 0.15) is 11.3 Å². The number of carbonyl (C=O) groups is 1. The van der Waals surface area contributed by atoms with E-state index in [2.05, 4.69) is 10.5 Å². The third-order valence-electron chi connectivity index (χ3n) is 4.48. The molecule has 0 saturated heterocycles. The topological polar surface area (TPSA) is 144 Å². The molecule has 0 bridgehead atoms. The van der Waals surface area contributed by atoms with Gasteiger partial charge in [-0.15, -0.1) is 0 Å². The lowest BCUT2D eigenvalue weighted by atomic mass is 10.1. The van der Waals surface area contributed by atoms with E-state index in [1.54, 1.807) is 4.72 Å². The number of nitro groups is 1. The van der Waals surface area contributed by atoms with Crippen LogP contribution in [0.4, 0.5) is 30.2 Å². The van der Waals surface area contributed by atoms with E-state index >= 15 is 0 Å². The molecule has 33 heavy (non-hydrogen) atoms. The van der Waals surface area contributed by atoms with Crippen LogP contribution in [0.3, 0.4) is 0 Å². The summed E-state index contributed by atoms with van der Waals surface area (Å²) in [6, 6.07) is 5.82. The van der Waals surface area contributed by atoms with Crippen LogP contribution in [0.1, 0.15) is 27.2 Å². The van der Waals surface area contributed by atoms with Crippen molar-refractivity contribution in [3.8, 4) is 0 Å². The van der Waals surface area contributed by atoms with Crippen molar-refractivity contribution in [2.45, 2.75) is 24.9 Å². The second-order valence-corrected chi connectivity index (χ2v) is 8.41. The number of alkyl halides is 3. The number of aryl methyl sites for hydroxylation is 2. The van der Waals surface area contributed by atoms with Crippen LogP contribution in [0.15, 0.2) is 52.0 Å². The molecule has 0 unspecified atom stereocenters. The summed E-state index contributed by atoms with van der Waals surface area (Å²) < 4.78 is 73.2. The molecule has 0 aliphatic rings. The SMILES string of the molecule is Cc1cccc([N+](=O)[O-])c1S(=O)(=O)Nc1ccc(NC(=O)c2cnoc2C)cc1C(F)(F)F. The van der Waals surface area contributed by atoms with Crippen LogP contribution in [0.25, 0.3) is 0 Å². The highest BCUT2D eigenvalue weighted by Crippen LogP contribution is 2.38. The van der Waals surface area contributed by atoms with Crippen LogP contribution >= 0.6 is 0 Å². The lowest BCUT2D eigenvalue weighted by Gasteiger charge is -2.17. The van der Waals surface area contributed by atoms with Crippen LogP contribution in [0.2, 0.25) is 0 Å². The Labute approximate surface area is 184 Å². The molecule has 0 radical (unpaired) electrons. The molecule has 1 aromatic heterocycles. The molecule has 1 heterocycles. The largest absolute Gasteiger partial charge is 0.418 e. The first-order valence-corrected chi connectivity index (χ1v) is 10.5. The van der Waals surface area contributed by atoms with Crippen molar-refractivity contribution >= 4 is 33.0 Å². The van der Waals surface area contributed by atoms with Gasteiger partial charge < -0.3 is 9.84 Å². The lowest BCUT2D eigenvalue weighted by molar-refractivity contribution is -0.387. The highest BCUT2D eigenvalue weighted by Gasteiger charge is 2.36. The lowest BCUT2D eigenvalue weighted by Crippen LogP contribution is -2.20. The Hall–Kier alpha value is -3.94. The number of sulfonamides is 1. The minimum Gasteiger partial charge on any atom is -0.361 e. The summed E-state index contributed by atoms with van der Waals surface area (Å²) in [5.41, 5.74) is -3.39. The van der Waals surface area contributed by atoms with Gasteiger partial charge in [-0.1, -0.05) is 17.3 Å². The molecule has 0 aliphatic heterocycles. The van der Waals surface area contributed by atoms with Crippen molar-refractivity contribution in [3.05, 3.63) is 75.2 Å². The van der Waals surface area contributed by atoms with E-state index < -0.39 is 48.9 Å². The maximum Gasteiger partial charge on any atom is 0.418 e. The zero-order chi connectivity index (χ0) is 24.6. The Balaban J connectivity index is 2.01. The maximum absolute atomic E-state index is 13.7. The van der Waals surface area contributed by atoms with Crippen LogP contribution in [-0.4, -0.2) is 24.4 Å². The fourth-order valence-corrected chi connectivity index (χ4v) is 4.47. The van der Waals surface area contributed by atoms with Gasteiger partial charge in [-0.2, -0.15) is 13.2 Å². The number of amides is 1. The number of nitrogens with zero attached hydrogens (tertiary/aromatic N) is 2. The molecule has 1 amide bonds. The van der Waals surface area contributed by atoms with Crippen LogP contribution in [0.5, 0.6) is 0 Å². The van der Waals surface area contributed by atoms with Crippen molar-refractivity contribution in [2.24, 2.45) is 0 Å². The van der Waals surface area contributed by atoms with Crippen molar-refractivity contribution in [2.75, 3.05) is 10.0 Å². The fraction of sp³-hybridized carbons (Fsp3) is 0.158. The van der Waals surface area contributed by atoms with Crippen LogP contribution in [-0.2, 0) is 16.2 Å². The smallest absolute Gasteiger partial charge is 0.361 e. The molecule has 10 nitrogen and oxygen atoms in total. The quantitative estimate of drug-likeness (QED) is 0.393. The number of hydrogen-bond donors (Lipinski definition) is 2. The summed E-state index contributed by atoms with van der Waals surface area (Å²) in [7, 11) is -4.78. The first-order chi connectivity index (χ1) is 15.3. The maximum atomic E-state index is 13.7. The summed E-state index contributed by atoms with van der Waals surface area (Å²) in [6.45, 7) is 2.71. The monoisotopic (exact) mass is 484 g/mol. The van der Waals surface area contributed by atoms with Crippen molar-refractivity contribution in [3.63, 3.8) is 0 Å². The Morgan fingerprint density at radius 3 is 2.45 bits per heavy atom. The van der Waals surface area contributed by atoms with Gasteiger partial charge in [0.2, 0.25) is 0 Å². The number of benzene rings is 2. The molecule has 0 aliphatic carbocycles. The van der Waals surface area contributed by atoms with E-state index in [0.717, 1.165) is 24.4 Å².